The fourth-order valence-corrected chi connectivity index (χ4v) is 4.61. The number of nitrogens with zero attached hydrogens (tertiary/aromatic N) is 1. The minimum atomic E-state index is -4.81. The largest absolute Gasteiger partial charge is 0.417 e. The number of rotatable bonds is 2. The zero-order valence-corrected chi connectivity index (χ0v) is 14.3. The van der Waals surface area contributed by atoms with Crippen molar-refractivity contribution in [2.24, 2.45) is 11.1 Å². The van der Waals surface area contributed by atoms with Crippen LogP contribution in [0.15, 0.2) is 23.1 Å². The summed E-state index contributed by atoms with van der Waals surface area (Å²) in [6.45, 7) is 3.75. The van der Waals surface area contributed by atoms with Gasteiger partial charge in [-0.1, -0.05) is 25.4 Å². The molecule has 0 aromatic heterocycles. The van der Waals surface area contributed by atoms with Crippen LogP contribution in [0.5, 0.6) is 0 Å². The summed E-state index contributed by atoms with van der Waals surface area (Å²) < 4.78 is 66.0. The normalized spacial score (nSPS) is 23.0. The molecule has 0 amide bonds. The molecule has 1 aromatic carbocycles. The first-order valence-corrected chi connectivity index (χ1v) is 8.80. The second-order valence-electron chi connectivity index (χ2n) is 6.36. The molecular weight excluding hydrogens is 353 g/mol. The molecule has 1 fully saturated rings. The van der Waals surface area contributed by atoms with Gasteiger partial charge in [-0.2, -0.15) is 17.5 Å². The Balaban J connectivity index is 2.49. The van der Waals surface area contributed by atoms with Crippen LogP contribution in [0.4, 0.5) is 13.2 Å². The standard InChI is InChI=1S/C14H18ClF3N2O2S/c1-13(2)8-20(6-5-12(13)19)23(21,22)11-4-3-9(15)7-10(11)14(16,17)18/h3-4,7,12H,5-6,8,19H2,1-2H3. The SMILES string of the molecule is CC1(C)CN(S(=O)(=O)c2ccc(Cl)cc2C(F)(F)F)CCC1N. The van der Waals surface area contributed by atoms with E-state index in [1.54, 1.807) is 13.8 Å². The number of benzene rings is 1. The predicted octanol–water partition coefficient (Wildman–Crippen LogP) is 3.11. The molecule has 23 heavy (non-hydrogen) atoms. The molecule has 2 rings (SSSR count). The Kier molecular flexibility index (Phi) is 4.76. The van der Waals surface area contributed by atoms with Crippen LogP contribution >= 0.6 is 11.6 Å². The fourth-order valence-electron chi connectivity index (χ4n) is 2.62. The lowest BCUT2D eigenvalue weighted by atomic mass is 9.81. The molecule has 1 unspecified atom stereocenters. The molecule has 1 aromatic rings. The lowest BCUT2D eigenvalue weighted by molar-refractivity contribution is -0.139. The van der Waals surface area contributed by atoms with Gasteiger partial charge >= 0.3 is 6.18 Å². The molecule has 1 aliphatic rings. The zero-order chi connectivity index (χ0) is 17.6. The topological polar surface area (TPSA) is 63.4 Å². The Morgan fingerprint density at radius 2 is 1.96 bits per heavy atom. The Labute approximate surface area is 138 Å². The van der Waals surface area contributed by atoms with Gasteiger partial charge in [0.2, 0.25) is 10.0 Å². The van der Waals surface area contributed by atoms with E-state index in [4.69, 9.17) is 17.3 Å². The van der Waals surface area contributed by atoms with Gasteiger partial charge < -0.3 is 5.73 Å². The summed E-state index contributed by atoms with van der Waals surface area (Å²) in [7, 11) is -4.29. The maximum absolute atomic E-state index is 13.2. The van der Waals surface area contributed by atoms with Crippen molar-refractivity contribution in [3.8, 4) is 0 Å². The number of sulfonamides is 1. The Hall–Kier alpha value is -0.830. The van der Waals surface area contributed by atoms with Gasteiger partial charge in [0, 0.05) is 24.2 Å². The number of hydrogen-bond acceptors (Lipinski definition) is 3. The third-order valence-electron chi connectivity index (χ3n) is 4.14. The molecule has 1 atom stereocenters. The van der Waals surface area contributed by atoms with Crippen LogP contribution in [0.2, 0.25) is 5.02 Å². The van der Waals surface area contributed by atoms with E-state index in [0.717, 1.165) is 16.4 Å². The first kappa shape index (κ1) is 18.5. The summed E-state index contributed by atoms with van der Waals surface area (Å²) in [5.74, 6) is 0. The van der Waals surface area contributed by atoms with Crippen LogP contribution in [-0.2, 0) is 16.2 Å². The van der Waals surface area contributed by atoms with Crippen molar-refractivity contribution in [3.05, 3.63) is 28.8 Å². The van der Waals surface area contributed by atoms with E-state index in [-0.39, 0.29) is 24.2 Å². The van der Waals surface area contributed by atoms with E-state index in [1.165, 1.54) is 0 Å². The quantitative estimate of drug-likeness (QED) is 0.870. The van der Waals surface area contributed by atoms with Gasteiger partial charge in [-0.25, -0.2) is 8.42 Å². The predicted molar refractivity (Wildman–Crippen MR) is 81.6 cm³/mol. The minimum absolute atomic E-state index is 0.0659. The number of piperidine rings is 1. The molecule has 0 saturated carbocycles. The van der Waals surface area contributed by atoms with Crippen molar-refractivity contribution in [2.45, 2.75) is 37.4 Å². The molecule has 0 spiro atoms. The molecule has 1 aliphatic heterocycles. The van der Waals surface area contributed by atoms with Gasteiger partial charge in [0.05, 0.1) is 10.5 Å². The van der Waals surface area contributed by atoms with Crippen molar-refractivity contribution in [1.82, 2.24) is 4.31 Å². The summed E-state index contributed by atoms with van der Waals surface area (Å²) in [6.07, 6.45) is -4.42. The molecular formula is C14H18ClF3N2O2S. The molecule has 9 heteroatoms. The van der Waals surface area contributed by atoms with E-state index < -0.39 is 32.1 Å². The third-order valence-corrected chi connectivity index (χ3v) is 6.28. The van der Waals surface area contributed by atoms with E-state index in [9.17, 15) is 21.6 Å². The summed E-state index contributed by atoms with van der Waals surface area (Å²) in [4.78, 5) is -0.777. The second-order valence-corrected chi connectivity index (χ2v) is 8.70. The first-order chi connectivity index (χ1) is 10.4. The molecule has 0 radical (unpaired) electrons. The summed E-state index contributed by atoms with van der Waals surface area (Å²) in [5.41, 5.74) is 4.19. The van der Waals surface area contributed by atoms with Gasteiger partial charge in [0.25, 0.3) is 0 Å². The van der Waals surface area contributed by atoms with Crippen LogP contribution in [0, 0.1) is 5.41 Å². The number of nitrogens with two attached hydrogens (primary N) is 1. The number of alkyl halides is 3. The Morgan fingerprint density at radius 1 is 1.35 bits per heavy atom. The van der Waals surface area contributed by atoms with Crippen molar-refractivity contribution >= 4 is 21.6 Å². The van der Waals surface area contributed by atoms with Crippen LogP contribution < -0.4 is 5.73 Å². The van der Waals surface area contributed by atoms with Gasteiger partial charge in [-0.05, 0) is 30.0 Å². The highest BCUT2D eigenvalue weighted by atomic mass is 35.5. The summed E-state index contributed by atoms with van der Waals surface area (Å²) in [6, 6.07) is 2.48. The van der Waals surface area contributed by atoms with Crippen molar-refractivity contribution < 1.29 is 21.6 Å². The van der Waals surface area contributed by atoms with E-state index in [2.05, 4.69) is 0 Å². The molecule has 1 heterocycles. The highest BCUT2D eigenvalue weighted by Gasteiger charge is 2.43. The average molecular weight is 371 g/mol. The van der Waals surface area contributed by atoms with Gasteiger partial charge in [-0.15, -0.1) is 0 Å². The Bertz CT molecular complexity index is 704. The van der Waals surface area contributed by atoms with E-state index in [1.807, 2.05) is 0 Å². The summed E-state index contributed by atoms with van der Waals surface area (Å²) >= 11 is 5.60. The third kappa shape index (κ3) is 3.65. The zero-order valence-electron chi connectivity index (χ0n) is 12.7. The average Bonchev–Trinajstić information content (AvgIpc) is 2.40. The summed E-state index contributed by atoms with van der Waals surface area (Å²) in [5, 5.41) is -0.169. The molecule has 1 saturated heterocycles. The lowest BCUT2D eigenvalue weighted by Gasteiger charge is -2.42. The van der Waals surface area contributed by atoms with Gasteiger partial charge in [-0.3, -0.25) is 0 Å². The molecule has 4 nitrogen and oxygen atoms in total. The van der Waals surface area contributed by atoms with Crippen molar-refractivity contribution in [3.63, 3.8) is 0 Å². The monoisotopic (exact) mass is 370 g/mol. The maximum atomic E-state index is 13.2. The van der Waals surface area contributed by atoms with E-state index >= 15 is 0 Å². The number of hydrogen-bond donors (Lipinski definition) is 1. The first-order valence-electron chi connectivity index (χ1n) is 6.98. The highest BCUT2D eigenvalue weighted by molar-refractivity contribution is 7.89. The minimum Gasteiger partial charge on any atom is -0.327 e. The van der Waals surface area contributed by atoms with Crippen molar-refractivity contribution in [2.75, 3.05) is 13.1 Å². The van der Waals surface area contributed by atoms with Gasteiger partial charge in [0.15, 0.2) is 0 Å². The second kappa shape index (κ2) is 5.91. The van der Waals surface area contributed by atoms with Crippen LogP contribution in [0.1, 0.15) is 25.8 Å². The van der Waals surface area contributed by atoms with E-state index in [0.29, 0.717) is 12.5 Å². The molecule has 0 aliphatic carbocycles. The van der Waals surface area contributed by atoms with Crippen LogP contribution in [0.3, 0.4) is 0 Å². The Morgan fingerprint density at radius 3 is 2.48 bits per heavy atom. The van der Waals surface area contributed by atoms with Crippen LogP contribution in [-0.4, -0.2) is 31.9 Å². The smallest absolute Gasteiger partial charge is 0.327 e. The molecule has 130 valence electrons. The maximum Gasteiger partial charge on any atom is 0.417 e. The molecule has 0 bridgehead atoms. The number of halogens is 4. The molecule has 2 N–H and O–H groups in total. The van der Waals surface area contributed by atoms with Crippen LogP contribution in [0.25, 0.3) is 0 Å². The highest BCUT2D eigenvalue weighted by Crippen LogP contribution is 2.38. The van der Waals surface area contributed by atoms with Crippen molar-refractivity contribution in [1.29, 1.82) is 0 Å². The lowest BCUT2D eigenvalue weighted by Crippen LogP contribution is -2.54. The fraction of sp³-hybridized carbons (Fsp3) is 0.571. The van der Waals surface area contributed by atoms with Gasteiger partial charge in [0.1, 0.15) is 0 Å².